The lowest BCUT2D eigenvalue weighted by molar-refractivity contribution is 0.101. The van der Waals surface area contributed by atoms with E-state index in [0.717, 1.165) is 0 Å². The van der Waals surface area contributed by atoms with Crippen LogP contribution >= 0.6 is 0 Å². The first-order valence-corrected chi connectivity index (χ1v) is 5.78. The molecule has 0 spiro atoms. The summed E-state index contributed by atoms with van der Waals surface area (Å²) in [5.74, 6) is -0.441. The molecule has 0 saturated heterocycles. The van der Waals surface area contributed by atoms with Crippen molar-refractivity contribution >= 4 is 17.7 Å². The highest BCUT2D eigenvalue weighted by molar-refractivity contribution is 6.04. The number of carbonyl (C=O) groups excluding carboxylic acids is 2. The Morgan fingerprint density at radius 2 is 1.85 bits per heavy atom. The fourth-order valence-corrected chi connectivity index (χ4v) is 1.49. The minimum atomic E-state index is -0.910. The van der Waals surface area contributed by atoms with Crippen LogP contribution in [-0.4, -0.2) is 24.2 Å². The third-order valence-corrected chi connectivity index (χ3v) is 2.38. The largest absolute Gasteiger partial charge is 0.513 e. The van der Waals surface area contributed by atoms with E-state index in [4.69, 9.17) is 4.74 Å². The summed E-state index contributed by atoms with van der Waals surface area (Å²) in [7, 11) is 1.18. The van der Waals surface area contributed by atoms with E-state index in [-0.39, 0.29) is 11.4 Å². The van der Waals surface area contributed by atoms with Gasteiger partial charge in [-0.3, -0.25) is 4.79 Å². The Kier molecular flexibility index (Phi) is 4.28. The second-order valence-electron chi connectivity index (χ2n) is 3.73. The number of nitrogens with zero attached hydrogens (tertiary/aromatic N) is 1. The predicted molar refractivity (Wildman–Crippen MR) is 71.7 cm³/mol. The summed E-state index contributed by atoms with van der Waals surface area (Å²) in [5, 5.41) is 2.66. The minimum absolute atomic E-state index is 0.00162. The molecule has 1 amide bonds. The molecule has 1 N–H and O–H groups in total. The molecule has 0 radical (unpaired) electrons. The molecule has 6 nitrogen and oxygen atoms in total. The van der Waals surface area contributed by atoms with Crippen LogP contribution in [0.3, 0.4) is 0 Å². The molecule has 102 valence electrons. The van der Waals surface area contributed by atoms with Crippen LogP contribution in [0.4, 0.5) is 10.5 Å². The Morgan fingerprint density at radius 3 is 2.55 bits per heavy atom. The van der Waals surface area contributed by atoms with E-state index in [9.17, 15) is 9.59 Å². The predicted octanol–water partition coefficient (Wildman–Crippen LogP) is 2.48. The number of carbonyl (C=O) groups is 2. The molecule has 2 aromatic rings. The zero-order valence-corrected chi connectivity index (χ0v) is 10.7. The molecule has 0 aliphatic rings. The maximum Gasteiger partial charge on any atom is 0.513 e. The molecular weight excluding hydrogens is 260 g/mol. The SMILES string of the molecule is COC(=O)Oc1cccnc1C(=O)Nc1ccccc1. The van der Waals surface area contributed by atoms with Crippen molar-refractivity contribution in [3.63, 3.8) is 0 Å². The van der Waals surface area contributed by atoms with E-state index in [1.807, 2.05) is 6.07 Å². The first kappa shape index (κ1) is 13.5. The Labute approximate surface area is 115 Å². The molecule has 0 fully saturated rings. The number of para-hydroxylation sites is 1. The standard InChI is InChI=1S/C14H12N2O4/c1-19-14(18)20-11-8-5-9-15-12(11)13(17)16-10-6-3-2-4-7-10/h2-9H,1H3,(H,16,17). The lowest BCUT2D eigenvalue weighted by Gasteiger charge is -2.08. The number of anilines is 1. The van der Waals surface area contributed by atoms with Gasteiger partial charge in [-0.2, -0.15) is 0 Å². The molecule has 1 heterocycles. The highest BCUT2D eigenvalue weighted by atomic mass is 16.7. The summed E-state index contributed by atoms with van der Waals surface area (Å²) in [5.41, 5.74) is 0.619. The summed E-state index contributed by atoms with van der Waals surface area (Å²) in [6, 6.07) is 11.9. The summed E-state index contributed by atoms with van der Waals surface area (Å²) in [6.45, 7) is 0. The first-order valence-electron chi connectivity index (χ1n) is 5.78. The third-order valence-electron chi connectivity index (χ3n) is 2.38. The van der Waals surface area contributed by atoms with Gasteiger partial charge in [0, 0.05) is 11.9 Å². The molecular formula is C14H12N2O4. The molecule has 1 aromatic carbocycles. The Bertz CT molecular complexity index is 614. The van der Waals surface area contributed by atoms with Gasteiger partial charge in [0.05, 0.1) is 7.11 Å². The van der Waals surface area contributed by atoms with Crippen molar-refractivity contribution in [2.45, 2.75) is 0 Å². The molecule has 0 aliphatic carbocycles. The highest BCUT2D eigenvalue weighted by Crippen LogP contribution is 2.17. The number of benzene rings is 1. The number of nitrogens with one attached hydrogen (secondary N) is 1. The lowest BCUT2D eigenvalue weighted by atomic mass is 10.2. The molecule has 0 aliphatic heterocycles. The van der Waals surface area contributed by atoms with Crippen molar-refractivity contribution in [1.29, 1.82) is 0 Å². The summed E-state index contributed by atoms with van der Waals surface area (Å²) in [6.07, 6.45) is 0.524. The lowest BCUT2D eigenvalue weighted by Crippen LogP contribution is -2.17. The van der Waals surface area contributed by atoms with E-state index < -0.39 is 12.1 Å². The van der Waals surface area contributed by atoms with Gasteiger partial charge in [-0.1, -0.05) is 18.2 Å². The second kappa shape index (κ2) is 6.33. The summed E-state index contributed by atoms with van der Waals surface area (Å²) < 4.78 is 9.26. The molecule has 0 unspecified atom stereocenters. The van der Waals surface area contributed by atoms with Crippen LogP contribution in [0.1, 0.15) is 10.5 Å². The van der Waals surface area contributed by atoms with Crippen molar-refractivity contribution in [2.75, 3.05) is 12.4 Å². The topological polar surface area (TPSA) is 77.5 Å². The number of aromatic nitrogens is 1. The van der Waals surface area contributed by atoms with E-state index in [1.54, 1.807) is 30.3 Å². The third kappa shape index (κ3) is 3.32. The molecule has 0 atom stereocenters. The van der Waals surface area contributed by atoms with Gasteiger partial charge in [0.15, 0.2) is 11.4 Å². The van der Waals surface area contributed by atoms with Gasteiger partial charge in [-0.05, 0) is 24.3 Å². The van der Waals surface area contributed by atoms with Gasteiger partial charge >= 0.3 is 6.16 Å². The normalized spacial score (nSPS) is 9.65. The maximum absolute atomic E-state index is 12.1. The van der Waals surface area contributed by atoms with E-state index in [2.05, 4.69) is 15.0 Å². The van der Waals surface area contributed by atoms with Crippen LogP contribution in [0.15, 0.2) is 48.7 Å². The van der Waals surface area contributed by atoms with Crippen LogP contribution in [-0.2, 0) is 4.74 Å². The van der Waals surface area contributed by atoms with Crippen LogP contribution < -0.4 is 10.1 Å². The molecule has 0 saturated carbocycles. The van der Waals surface area contributed by atoms with Crippen LogP contribution in [0.25, 0.3) is 0 Å². The Morgan fingerprint density at radius 1 is 1.10 bits per heavy atom. The number of rotatable bonds is 3. The number of pyridine rings is 1. The fraction of sp³-hybridized carbons (Fsp3) is 0.0714. The molecule has 6 heteroatoms. The zero-order valence-electron chi connectivity index (χ0n) is 10.7. The van der Waals surface area contributed by atoms with Crippen molar-refractivity contribution in [3.8, 4) is 5.75 Å². The fourth-order valence-electron chi connectivity index (χ4n) is 1.49. The van der Waals surface area contributed by atoms with Gasteiger partial charge in [0.2, 0.25) is 0 Å². The van der Waals surface area contributed by atoms with Crippen LogP contribution in [0.2, 0.25) is 0 Å². The van der Waals surface area contributed by atoms with Gasteiger partial charge < -0.3 is 14.8 Å². The maximum atomic E-state index is 12.1. The van der Waals surface area contributed by atoms with Gasteiger partial charge in [-0.15, -0.1) is 0 Å². The number of methoxy groups -OCH3 is 1. The van der Waals surface area contributed by atoms with Gasteiger partial charge in [0.25, 0.3) is 5.91 Å². The van der Waals surface area contributed by atoms with Crippen molar-refractivity contribution in [2.24, 2.45) is 0 Å². The Balaban J connectivity index is 2.19. The number of amides is 1. The van der Waals surface area contributed by atoms with Crippen LogP contribution in [0, 0.1) is 0 Å². The second-order valence-corrected chi connectivity index (χ2v) is 3.73. The van der Waals surface area contributed by atoms with Crippen molar-refractivity contribution in [3.05, 3.63) is 54.4 Å². The van der Waals surface area contributed by atoms with Crippen LogP contribution in [0.5, 0.6) is 5.75 Å². The zero-order chi connectivity index (χ0) is 14.4. The van der Waals surface area contributed by atoms with Crippen molar-refractivity contribution < 1.29 is 19.1 Å². The Hall–Kier alpha value is -2.89. The average molecular weight is 272 g/mol. The first-order chi connectivity index (χ1) is 9.70. The molecule has 0 bridgehead atoms. The smallest absolute Gasteiger partial charge is 0.437 e. The minimum Gasteiger partial charge on any atom is -0.437 e. The summed E-state index contributed by atoms with van der Waals surface area (Å²) in [4.78, 5) is 27.1. The number of ether oxygens (including phenoxy) is 2. The van der Waals surface area contributed by atoms with Gasteiger partial charge in [0.1, 0.15) is 0 Å². The highest BCUT2D eigenvalue weighted by Gasteiger charge is 2.16. The monoisotopic (exact) mass is 272 g/mol. The van der Waals surface area contributed by atoms with E-state index >= 15 is 0 Å². The average Bonchev–Trinajstić information content (AvgIpc) is 2.48. The number of hydrogen-bond donors (Lipinski definition) is 1. The van der Waals surface area contributed by atoms with E-state index in [1.165, 1.54) is 19.4 Å². The van der Waals surface area contributed by atoms with E-state index in [0.29, 0.717) is 5.69 Å². The molecule has 2 rings (SSSR count). The van der Waals surface area contributed by atoms with Crippen molar-refractivity contribution in [1.82, 2.24) is 4.98 Å². The molecule has 20 heavy (non-hydrogen) atoms. The molecule has 1 aromatic heterocycles. The van der Waals surface area contributed by atoms with Gasteiger partial charge in [-0.25, -0.2) is 9.78 Å². The quantitative estimate of drug-likeness (QED) is 0.868. The summed E-state index contributed by atoms with van der Waals surface area (Å²) >= 11 is 0. The number of hydrogen-bond acceptors (Lipinski definition) is 5.